The second kappa shape index (κ2) is 6.64. The molecule has 1 aliphatic heterocycles. The van der Waals surface area contributed by atoms with Crippen molar-refractivity contribution in [1.82, 2.24) is 14.5 Å². The molecule has 5 heteroatoms. The van der Waals surface area contributed by atoms with E-state index in [2.05, 4.69) is 16.5 Å². The fraction of sp³-hybridized carbons (Fsp3) is 0.500. The summed E-state index contributed by atoms with van der Waals surface area (Å²) in [6.45, 7) is 1.99. The Labute approximate surface area is 148 Å². The van der Waals surface area contributed by atoms with Crippen LogP contribution in [0, 0.1) is 0 Å². The average molecular weight is 338 g/mol. The van der Waals surface area contributed by atoms with Gasteiger partial charge in [0, 0.05) is 24.8 Å². The van der Waals surface area contributed by atoms with Gasteiger partial charge >= 0.3 is 0 Å². The molecular formula is C20H26N4O. The number of hydrogen-bond acceptors (Lipinski definition) is 3. The summed E-state index contributed by atoms with van der Waals surface area (Å²) < 4.78 is 2.35. The van der Waals surface area contributed by atoms with Gasteiger partial charge in [-0.2, -0.15) is 0 Å². The van der Waals surface area contributed by atoms with Crippen LogP contribution in [0.3, 0.4) is 0 Å². The first-order valence-electron chi connectivity index (χ1n) is 9.30. The number of hydrogen-bond donors (Lipinski definition) is 1. The summed E-state index contributed by atoms with van der Waals surface area (Å²) in [6, 6.07) is 8.06. The number of imidazole rings is 1. The molecule has 132 valence electrons. The molecule has 1 aromatic carbocycles. The Morgan fingerprint density at radius 2 is 1.96 bits per heavy atom. The van der Waals surface area contributed by atoms with Gasteiger partial charge in [-0.15, -0.1) is 0 Å². The molecule has 25 heavy (non-hydrogen) atoms. The van der Waals surface area contributed by atoms with Gasteiger partial charge in [0.2, 0.25) is 5.91 Å². The molecule has 0 unspecified atom stereocenters. The lowest BCUT2D eigenvalue weighted by Crippen LogP contribution is -2.25. The molecule has 1 aromatic heterocycles. The van der Waals surface area contributed by atoms with Crippen molar-refractivity contribution in [3.05, 3.63) is 52.6 Å². The van der Waals surface area contributed by atoms with E-state index in [1.54, 1.807) is 0 Å². The van der Waals surface area contributed by atoms with E-state index < -0.39 is 0 Å². The molecule has 2 aliphatic rings. The maximum atomic E-state index is 11.2. The quantitative estimate of drug-likeness (QED) is 0.932. The van der Waals surface area contributed by atoms with Crippen LogP contribution in [0.25, 0.3) is 0 Å². The van der Waals surface area contributed by atoms with Crippen LogP contribution < -0.4 is 5.73 Å². The third-order valence-electron chi connectivity index (χ3n) is 5.69. The standard InChI is InChI=1S/C20H26N4O/c1-23-17-6-3-2-5-16(17)22-20(23)18-7-4-12-24(18)13-14-8-10-15(11-9-14)19(21)25/h8-11,18H,2-7,12-13H2,1H3,(H2,21,25)/t18-/m0/s1. The lowest BCUT2D eigenvalue weighted by atomic mass is 10.0. The molecular weight excluding hydrogens is 312 g/mol. The average Bonchev–Trinajstić information content (AvgIpc) is 3.20. The van der Waals surface area contributed by atoms with Crippen molar-refractivity contribution in [1.29, 1.82) is 0 Å². The largest absolute Gasteiger partial charge is 0.366 e. The molecule has 2 heterocycles. The van der Waals surface area contributed by atoms with Crippen LogP contribution in [0.5, 0.6) is 0 Å². The maximum absolute atomic E-state index is 11.2. The minimum atomic E-state index is -0.371. The lowest BCUT2D eigenvalue weighted by molar-refractivity contribution is 0.100. The van der Waals surface area contributed by atoms with Crippen molar-refractivity contribution in [2.24, 2.45) is 12.8 Å². The van der Waals surface area contributed by atoms with Crippen LogP contribution in [0.2, 0.25) is 0 Å². The van der Waals surface area contributed by atoms with E-state index in [1.165, 1.54) is 54.9 Å². The van der Waals surface area contributed by atoms with Gasteiger partial charge in [-0.3, -0.25) is 9.69 Å². The van der Waals surface area contributed by atoms with Crippen LogP contribution in [-0.4, -0.2) is 26.9 Å². The number of fused-ring (bicyclic) bond motifs is 1. The van der Waals surface area contributed by atoms with Crippen molar-refractivity contribution in [2.45, 2.75) is 51.1 Å². The normalized spacial score (nSPS) is 20.6. The van der Waals surface area contributed by atoms with Crippen LogP contribution in [0.1, 0.15) is 64.9 Å². The Balaban J connectivity index is 1.54. The Morgan fingerprint density at radius 1 is 1.20 bits per heavy atom. The van der Waals surface area contributed by atoms with E-state index in [4.69, 9.17) is 10.7 Å². The highest BCUT2D eigenvalue weighted by Crippen LogP contribution is 2.34. The van der Waals surface area contributed by atoms with E-state index in [-0.39, 0.29) is 5.91 Å². The van der Waals surface area contributed by atoms with E-state index in [9.17, 15) is 4.79 Å². The lowest BCUT2D eigenvalue weighted by Gasteiger charge is -2.24. The van der Waals surface area contributed by atoms with E-state index >= 15 is 0 Å². The third kappa shape index (κ3) is 3.09. The Morgan fingerprint density at radius 3 is 2.68 bits per heavy atom. The van der Waals surface area contributed by atoms with Crippen LogP contribution in [-0.2, 0) is 26.4 Å². The minimum absolute atomic E-state index is 0.371. The summed E-state index contributed by atoms with van der Waals surface area (Å²) in [7, 11) is 2.19. The number of rotatable bonds is 4. The number of carbonyl (C=O) groups excluding carboxylic acids is 1. The van der Waals surface area contributed by atoms with Crippen LogP contribution in [0.15, 0.2) is 24.3 Å². The number of aromatic nitrogens is 2. The molecule has 1 aliphatic carbocycles. The summed E-state index contributed by atoms with van der Waals surface area (Å²) in [5.74, 6) is 0.863. The van der Waals surface area contributed by atoms with Gasteiger partial charge in [-0.1, -0.05) is 12.1 Å². The molecule has 0 bridgehead atoms. The second-order valence-electron chi connectivity index (χ2n) is 7.32. The predicted molar refractivity (Wildman–Crippen MR) is 97.2 cm³/mol. The highest BCUT2D eigenvalue weighted by molar-refractivity contribution is 5.92. The van der Waals surface area contributed by atoms with Gasteiger partial charge in [0.05, 0.1) is 11.7 Å². The predicted octanol–water partition coefficient (Wildman–Crippen LogP) is 2.73. The summed E-state index contributed by atoms with van der Waals surface area (Å²) in [4.78, 5) is 18.8. The molecule has 1 saturated heterocycles. The molecule has 2 N–H and O–H groups in total. The number of likely N-dealkylation sites (tertiary alicyclic amines) is 1. The Kier molecular flexibility index (Phi) is 4.34. The number of aryl methyl sites for hydroxylation is 1. The first kappa shape index (κ1) is 16.3. The van der Waals surface area contributed by atoms with Gasteiger partial charge in [0.25, 0.3) is 0 Å². The Hall–Kier alpha value is -2.14. The highest BCUT2D eigenvalue weighted by atomic mass is 16.1. The number of carbonyl (C=O) groups is 1. The van der Waals surface area contributed by atoms with E-state index in [0.29, 0.717) is 11.6 Å². The molecule has 4 rings (SSSR count). The number of primary amides is 1. The molecule has 1 atom stereocenters. The van der Waals surface area contributed by atoms with Crippen molar-refractivity contribution in [3.63, 3.8) is 0 Å². The molecule has 1 amide bonds. The van der Waals surface area contributed by atoms with Crippen molar-refractivity contribution >= 4 is 5.91 Å². The Bertz CT molecular complexity index is 778. The summed E-state index contributed by atoms with van der Waals surface area (Å²) >= 11 is 0. The minimum Gasteiger partial charge on any atom is -0.366 e. The fourth-order valence-electron chi connectivity index (χ4n) is 4.32. The first-order chi connectivity index (χ1) is 12.1. The monoisotopic (exact) mass is 338 g/mol. The van der Waals surface area contributed by atoms with Crippen molar-refractivity contribution in [2.75, 3.05) is 6.54 Å². The summed E-state index contributed by atoms with van der Waals surface area (Å²) in [5, 5.41) is 0. The SMILES string of the molecule is Cn1c([C@@H]2CCCN2Cc2ccc(C(N)=O)cc2)nc2c1CCCC2. The second-order valence-corrected chi connectivity index (χ2v) is 7.32. The van der Waals surface area contributed by atoms with Gasteiger partial charge in [-0.25, -0.2) is 4.98 Å². The van der Waals surface area contributed by atoms with E-state index in [0.717, 1.165) is 19.5 Å². The molecule has 0 saturated carbocycles. The zero-order valence-corrected chi connectivity index (χ0v) is 14.9. The topological polar surface area (TPSA) is 64.2 Å². The smallest absolute Gasteiger partial charge is 0.248 e. The highest BCUT2D eigenvalue weighted by Gasteiger charge is 2.31. The van der Waals surface area contributed by atoms with Crippen LogP contribution >= 0.6 is 0 Å². The van der Waals surface area contributed by atoms with Gasteiger partial charge in [0.1, 0.15) is 5.82 Å². The number of amides is 1. The molecule has 0 radical (unpaired) electrons. The zero-order valence-electron chi connectivity index (χ0n) is 14.9. The fourth-order valence-corrected chi connectivity index (χ4v) is 4.32. The molecule has 0 spiro atoms. The van der Waals surface area contributed by atoms with Crippen molar-refractivity contribution in [3.8, 4) is 0 Å². The molecule has 1 fully saturated rings. The maximum Gasteiger partial charge on any atom is 0.248 e. The van der Waals surface area contributed by atoms with Gasteiger partial charge < -0.3 is 10.3 Å². The molecule has 5 nitrogen and oxygen atoms in total. The van der Waals surface area contributed by atoms with Gasteiger partial charge in [-0.05, 0) is 62.8 Å². The summed E-state index contributed by atoms with van der Waals surface area (Å²) in [6.07, 6.45) is 7.23. The van der Waals surface area contributed by atoms with Crippen molar-refractivity contribution < 1.29 is 4.79 Å². The first-order valence-corrected chi connectivity index (χ1v) is 9.30. The van der Waals surface area contributed by atoms with Gasteiger partial charge in [0.15, 0.2) is 0 Å². The zero-order chi connectivity index (χ0) is 17.4. The summed E-state index contributed by atoms with van der Waals surface area (Å²) in [5.41, 5.74) is 9.88. The third-order valence-corrected chi connectivity index (χ3v) is 5.69. The number of benzene rings is 1. The molecule has 2 aromatic rings. The number of nitrogens with two attached hydrogens (primary N) is 1. The number of nitrogens with zero attached hydrogens (tertiary/aromatic N) is 3. The van der Waals surface area contributed by atoms with Crippen LogP contribution in [0.4, 0.5) is 0 Å². The van der Waals surface area contributed by atoms with E-state index in [1.807, 2.05) is 24.3 Å².